The Morgan fingerprint density at radius 3 is 2.41 bits per heavy atom. The lowest BCUT2D eigenvalue weighted by molar-refractivity contribution is -0.144. The first kappa shape index (κ1) is 15.0. The van der Waals surface area contributed by atoms with E-state index in [1.165, 1.54) is 11.6 Å². The maximum absolute atomic E-state index is 12.5. The Bertz CT molecular complexity index is 685. The van der Waals surface area contributed by atoms with Crippen molar-refractivity contribution in [1.82, 2.24) is 19.6 Å². The number of amides is 2. The lowest BCUT2D eigenvalue weighted by Crippen LogP contribution is -2.62. The van der Waals surface area contributed by atoms with Gasteiger partial charge in [0.2, 0.25) is 11.8 Å². The lowest BCUT2D eigenvalue weighted by atomic mass is 10.0. The van der Waals surface area contributed by atoms with Crippen molar-refractivity contribution >= 4 is 21.7 Å². The summed E-state index contributed by atoms with van der Waals surface area (Å²) in [5.74, 6) is -0.458. The molecule has 3 rings (SSSR count). The van der Waals surface area contributed by atoms with Crippen LogP contribution in [0.2, 0.25) is 0 Å². The summed E-state index contributed by atoms with van der Waals surface area (Å²) >= 11 is 0. The zero-order chi connectivity index (χ0) is 15.9. The predicted molar refractivity (Wildman–Crippen MR) is 77.6 cm³/mol. The zero-order valence-corrected chi connectivity index (χ0v) is 13.1. The van der Waals surface area contributed by atoms with Gasteiger partial charge in [-0.25, -0.2) is 8.42 Å². The summed E-state index contributed by atoms with van der Waals surface area (Å²) in [5, 5.41) is 3.99. The first-order valence-electron chi connectivity index (χ1n) is 7.12. The number of nitrogens with zero attached hydrogens (tertiary/aromatic N) is 4. The number of carbonyl (C=O) groups is 2. The fourth-order valence-electron chi connectivity index (χ4n) is 3.28. The van der Waals surface area contributed by atoms with Gasteiger partial charge in [-0.15, -0.1) is 0 Å². The molecule has 2 atom stereocenters. The zero-order valence-electron chi connectivity index (χ0n) is 12.3. The highest BCUT2D eigenvalue weighted by Crippen LogP contribution is 2.27. The molecule has 0 spiro atoms. The van der Waals surface area contributed by atoms with E-state index in [0.29, 0.717) is 13.1 Å². The van der Waals surface area contributed by atoms with E-state index >= 15 is 0 Å². The van der Waals surface area contributed by atoms with Crippen molar-refractivity contribution in [3.05, 3.63) is 18.5 Å². The third-order valence-electron chi connectivity index (χ3n) is 4.26. The van der Waals surface area contributed by atoms with Gasteiger partial charge in [0.25, 0.3) is 0 Å². The van der Waals surface area contributed by atoms with Crippen LogP contribution in [-0.2, 0) is 26.0 Å². The van der Waals surface area contributed by atoms with Crippen molar-refractivity contribution in [3.8, 4) is 0 Å². The van der Waals surface area contributed by atoms with Crippen LogP contribution in [0.4, 0.5) is 0 Å². The summed E-state index contributed by atoms with van der Waals surface area (Å²) in [5.41, 5.74) is 0. The first-order chi connectivity index (χ1) is 10.4. The Balaban J connectivity index is 1.81. The van der Waals surface area contributed by atoms with E-state index in [1.807, 2.05) is 0 Å². The number of piperazine rings is 1. The predicted octanol–water partition coefficient (Wildman–Crippen LogP) is -1.26. The van der Waals surface area contributed by atoms with Crippen molar-refractivity contribution < 1.29 is 18.0 Å². The first-order valence-corrected chi connectivity index (χ1v) is 8.94. The summed E-state index contributed by atoms with van der Waals surface area (Å²) in [4.78, 5) is 27.3. The Morgan fingerprint density at radius 1 is 1.18 bits per heavy atom. The summed E-state index contributed by atoms with van der Waals surface area (Å²) < 4.78 is 25.4. The van der Waals surface area contributed by atoms with Gasteiger partial charge in [0.1, 0.15) is 6.54 Å². The number of rotatable bonds is 2. The van der Waals surface area contributed by atoms with Crippen molar-refractivity contribution in [2.24, 2.45) is 0 Å². The van der Waals surface area contributed by atoms with E-state index in [9.17, 15) is 18.0 Å². The van der Waals surface area contributed by atoms with E-state index in [2.05, 4.69) is 5.10 Å². The lowest BCUT2D eigenvalue weighted by Gasteiger charge is -2.43. The average molecular weight is 326 g/mol. The van der Waals surface area contributed by atoms with Crippen LogP contribution in [0.3, 0.4) is 0 Å². The fraction of sp³-hybridized carbons (Fsp3) is 0.615. The molecule has 0 bridgehead atoms. The number of sulfone groups is 1. The second kappa shape index (κ2) is 5.38. The van der Waals surface area contributed by atoms with Crippen molar-refractivity contribution in [2.75, 3.05) is 24.6 Å². The van der Waals surface area contributed by atoms with Crippen molar-refractivity contribution in [3.63, 3.8) is 0 Å². The molecule has 1 aromatic rings. The molecule has 22 heavy (non-hydrogen) atoms. The minimum Gasteiger partial charge on any atom is -0.335 e. The molecule has 8 nitrogen and oxygen atoms in total. The van der Waals surface area contributed by atoms with Gasteiger partial charge >= 0.3 is 0 Å². The van der Waals surface area contributed by atoms with Gasteiger partial charge in [0.05, 0.1) is 23.6 Å². The molecule has 0 saturated carbocycles. The molecule has 0 aromatic carbocycles. The minimum atomic E-state index is -3.23. The topological polar surface area (TPSA) is 92.6 Å². The monoisotopic (exact) mass is 326 g/mol. The van der Waals surface area contributed by atoms with Crippen molar-refractivity contribution in [1.29, 1.82) is 0 Å². The van der Waals surface area contributed by atoms with Crippen LogP contribution >= 0.6 is 0 Å². The normalized spacial score (nSPS) is 26.8. The third kappa shape index (κ3) is 2.72. The maximum Gasteiger partial charge on any atom is 0.244 e. The van der Waals surface area contributed by atoms with Crippen LogP contribution in [0.25, 0.3) is 0 Å². The van der Waals surface area contributed by atoms with Gasteiger partial charge in [0, 0.05) is 32.4 Å². The van der Waals surface area contributed by atoms with Crippen molar-refractivity contribution in [2.45, 2.75) is 25.6 Å². The van der Waals surface area contributed by atoms with E-state index in [1.54, 1.807) is 28.3 Å². The largest absolute Gasteiger partial charge is 0.335 e. The number of hydrogen-bond acceptors (Lipinski definition) is 5. The highest BCUT2D eigenvalue weighted by molar-refractivity contribution is 7.91. The summed E-state index contributed by atoms with van der Waals surface area (Å²) in [6.07, 6.45) is 3.27. The van der Waals surface area contributed by atoms with E-state index in [0.717, 1.165) is 0 Å². The maximum atomic E-state index is 12.5. The smallest absolute Gasteiger partial charge is 0.244 e. The second-order valence-corrected chi connectivity index (χ2v) is 7.87. The molecule has 120 valence electrons. The Labute approximate surface area is 128 Å². The molecule has 9 heteroatoms. The standard InChI is InChI=1S/C13H18N4O4S/c1-10(18)16-5-6-17(12-9-22(20,21)8-11(12)16)13(19)7-15-4-2-3-14-15/h2-4,11-12H,5-9H2,1H3/t11-,12+/m1/s1. The SMILES string of the molecule is CC(=O)N1CCN(C(=O)Cn2cccn2)[C@H]2CS(=O)(=O)C[C@H]21. The highest BCUT2D eigenvalue weighted by Gasteiger charge is 2.48. The van der Waals surface area contributed by atoms with E-state index < -0.39 is 21.9 Å². The number of carbonyl (C=O) groups excluding carboxylic acids is 2. The molecule has 0 radical (unpaired) electrons. The van der Waals surface area contributed by atoms with Gasteiger partial charge < -0.3 is 9.80 Å². The number of fused-ring (bicyclic) bond motifs is 1. The van der Waals surface area contributed by atoms with Crippen LogP contribution in [0.15, 0.2) is 18.5 Å². The Hall–Kier alpha value is -1.90. The molecular weight excluding hydrogens is 308 g/mol. The fourth-order valence-corrected chi connectivity index (χ4v) is 5.26. The molecule has 2 aliphatic heterocycles. The Kier molecular flexibility index (Phi) is 3.67. The van der Waals surface area contributed by atoms with Gasteiger partial charge in [-0.2, -0.15) is 5.10 Å². The average Bonchev–Trinajstić information content (AvgIpc) is 3.02. The molecule has 0 N–H and O–H groups in total. The molecule has 1 aromatic heterocycles. The quantitative estimate of drug-likeness (QED) is 0.676. The number of aromatic nitrogens is 2. The molecule has 3 heterocycles. The van der Waals surface area contributed by atoms with Gasteiger partial charge in [-0.1, -0.05) is 0 Å². The second-order valence-electron chi connectivity index (χ2n) is 5.71. The molecule has 2 fully saturated rings. The van der Waals surface area contributed by atoms with Crippen LogP contribution in [-0.4, -0.2) is 76.5 Å². The van der Waals surface area contributed by atoms with E-state index in [4.69, 9.17) is 0 Å². The molecule has 2 saturated heterocycles. The molecule has 0 aliphatic carbocycles. The van der Waals surface area contributed by atoms with Gasteiger partial charge in [0.15, 0.2) is 9.84 Å². The van der Waals surface area contributed by atoms with Crippen LogP contribution in [0.5, 0.6) is 0 Å². The molecular formula is C13H18N4O4S. The van der Waals surface area contributed by atoms with Crippen LogP contribution in [0, 0.1) is 0 Å². The van der Waals surface area contributed by atoms with E-state index in [-0.39, 0.29) is 29.9 Å². The van der Waals surface area contributed by atoms with Crippen LogP contribution in [0.1, 0.15) is 6.92 Å². The minimum absolute atomic E-state index is 0.0667. The third-order valence-corrected chi connectivity index (χ3v) is 5.96. The van der Waals surface area contributed by atoms with Crippen LogP contribution < -0.4 is 0 Å². The summed E-state index contributed by atoms with van der Waals surface area (Å²) in [6.45, 7) is 2.24. The highest BCUT2D eigenvalue weighted by atomic mass is 32.2. The summed E-state index contributed by atoms with van der Waals surface area (Å²) in [6, 6.07) is 0.840. The molecule has 2 amide bonds. The van der Waals surface area contributed by atoms with Gasteiger partial charge in [-0.3, -0.25) is 14.3 Å². The Morgan fingerprint density at radius 2 is 1.82 bits per heavy atom. The summed E-state index contributed by atoms with van der Waals surface area (Å²) in [7, 11) is -3.23. The van der Waals surface area contributed by atoms with Gasteiger partial charge in [-0.05, 0) is 6.07 Å². The number of hydrogen-bond donors (Lipinski definition) is 0. The molecule has 2 aliphatic rings. The molecule has 0 unspecified atom stereocenters.